The standard InChI is InChI=1S/C7H11O3/c1-3-4-10-7(9)5-6(2)8/h2-5H2,1H3. The van der Waals surface area contributed by atoms with Crippen LogP contribution in [0.3, 0.4) is 0 Å². The third-order valence-electron chi connectivity index (χ3n) is 0.809. The predicted molar refractivity (Wildman–Crippen MR) is 36.2 cm³/mol. The van der Waals surface area contributed by atoms with Crippen LogP contribution in [0.25, 0.3) is 0 Å². The minimum atomic E-state index is -0.484. The van der Waals surface area contributed by atoms with Gasteiger partial charge in [-0.15, -0.1) is 0 Å². The fourth-order valence-electron chi connectivity index (χ4n) is 0.428. The molecule has 0 aromatic heterocycles. The summed E-state index contributed by atoms with van der Waals surface area (Å²) in [5.74, 6) is -0.886. The van der Waals surface area contributed by atoms with E-state index in [0.717, 1.165) is 6.42 Å². The van der Waals surface area contributed by atoms with E-state index in [1.807, 2.05) is 6.92 Å². The van der Waals surface area contributed by atoms with Crippen molar-refractivity contribution in [3.05, 3.63) is 6.92 Å². The Morgan fingerprint density at radius 2 is 2.10 bits per heavy atom. The lowest BCUT2D eigenvalue weighted by Crippen LogP contribution is -2.09. The lowest BCUT2D eigenvalue weighted by molar-refractivity contribution is -0.145. The summed E-state index contributed by atoms with van der Waals surface area (Å²) in [7, 11) is 0. The van der Waals surface area contributed by atoms with Crippen LogP contribution in [0.2, 0.25) is 0 Å². The number of hydrogen-bond acceptors (Lipinski definition) is 3. The second-order valence-electron chi connectivity index (χ2n) is 1.94. The average molecular weight is 143 g/mol. The summed E-state index contributed by atoms with van der Waals surface area (Å²) in [6.07, 6.45) is 0.567. The van der Waals surface area contributed by atoms with Gasteiger partial charge in [-0.05, 0) is 6.42 Å². The highest BCUT2D eigenvalue weighted by atomic mass is 16.5. The molecule has 0 fully saturated rings. The van der Waals surface area contributed by atoms with Gasteiger partial charge in [-0.25, -0.2) is 0 Å². The zero-order valence-corrected chi connectivity index (χ0v) is 6.05. The number of esters is 1. The summed E-state index contributed by atoms with van der Waals surface area (Å²) in [5, 5.41) is 0. The molecule has 0 aliphatic carbocycles. The van der Waals surface area contributed by atoms with Crippen molar-refractivity contribution >= 4 is 11.8 Å². The number of Topliss-reactive ketones (excluding diaryl/α,β-unsaturated/α-hetero) is 1. The lowest BCUT2D eigenvalue weighted by atomic mass is 10.3. The molecule has 10 heavy (non-hydrogen) atoms. The summed E-state index contributed by atoms with van der Waals surface area (Å²) >= 11 is 0. The van der Waals surface area contributed by atoms with Crippen molar-refractivity contribution < 1.29 is 14.3 Å². The second-order valence-corrected chi connectivity index (χ2v) is 1.94. The van der Waals surface area contributed by atoms with Crippen molar-refractivity contribution in [2.75, 3.05) is 6.61 Å². The Morgan fingerprint density at radius 1 is 1.50 bits per heavy atom. The molecular weight excluding hydrogens is 132 g/mol. The molecule has 0 aliphatic heterocycles. The Morgan fingerprint density at radius 3 is 2.50 bits per heavy atom. The molecule has 0 heterocycles. The molecular formula is C7H11O3. The Balaban J connectivity index is 3.35. The summed E-state index contributed by atoms with van der Waals surface area (Å²) in [6.45, 7) is 5.32. The predicted octanol–water partition coefficient (Wildman–Crippen LogP) is 0.733. The van der Waals surface area contributed by atoms with E-state index in [1.165, 1.54) is 0 Å². The quantitative estimate of drug-likeness (QED) is 0.430. The van der Waals surface area contributed by atoms with Crippen LogP contribution in [0, 0.1) is 6.92 Å². The minimum Gasteiger partial charge on any atom is -0.465 e. The highest BCUT2D eigenvalue weighted by Gasteiger charge is 2.04. The molecule has 0 unspecified atom stereocenters. The molecule has 3 nitrogen and oxygen atoms in total. The molecule has 1 radical (unpaired) electrons. The summed E-state index contributed by atoms with van der Waals surface area (Å²) in [4.78, 5) is 20.7. The molecule has 57 valence electrons. The second kappa shape index (κ2) is 4.97. The highest BCUT2D eigenvalue weighted by Crippen LogP contribution is 1.88. The maximum atomic E-state index is 10.5. The number of carbonyl (C=O) groups excluding carboxylic acids is 2. The van der Waals surface area contributed by atoms with E-state index in [-0.39, 0.29) is 6.42 Å². The monoisotopic (exact) mass is 143 g/mol. The van der Waals surface area contributed by atoms with E-state index >= 15 is 0 Å². The van der Waals surface area contributed by atoms with E-state index in [9.17, 15) is 9.59 Å². The van der Waals surface area contributed by atoms with Gasteiger partial charge < -0.3 is 4.74 Å². The number of rotatable bonds is 4. The lowest BCUT2D eigenvalue weighted by Gasteiger charge is -1.98. The van der Waals surface area contributed by atoms with E-state index < -0.39 is 11.8 Å². The molecule has 0 aromatic carbocycles. The molecule has 0 rings (SSSR count). The van der Waals surface area contributed by atoms with Crippen molar-refractivity contribution in [2.24, 2.45) is 0 Å². The van der Waals surface area contributed by atoms with Crippen molar-refractivity contribution in [1.82, 2.24) is 0 Å². The Labute approximate surface area is 60.4 Å². The van der Waals surface area contributed by atoms with Crippen LogP contribution in [-0.4, -0.2) is 18.4 Å². The van der Waals surface area contributed by atoms with Crippen LogP contribution in [-0.2, 0) is 14.3 Å². The van der Waals surface area contributed by atoms with Crippen LogP contribution in [0.1, 0.15) is 19.8 Å². The number of hydrogen-bond donors (Lipinski definition) is 0. The van der Waals surface area contributed by atoms with Gasteiger partial charge in [0.2, 0.25) is 0 Å². The zero-order valence-electron chi connectivity index (χ0n) is 6.05. The number of ether oxygens (including phenoxy) is 1. The smallest absolute Gasteiger partial charge is 0.313 e. The summed E-state index contributed by atoms with van der Waals surface area (Å²) < 4.78 is 4.60. The van der Waals surface area contributed by atoms with Crippen molar-refractivity contribution in [1.29, 1.82) is 0 Å². The molecule has 0 saturated heterocycles. The maximum absolute atomic E-state index is 10.5. The molecule has 3 heteroatoms. The first-order chi connectivity index (χ1) is 4.66. The number of ketones is 1. The fraction of sp³-hybridized carbons (Fsp3) is 0.571. The Kier molecular flexibility index (Phi) is 4.54. The molecule has 0 N–H and O–H groups in total. The normalized spacial score (nSPS) is 9.00. The van der Waals surface area contributed by atoms with Crippen LogP contribution in [0.4, 0.5) is 0 Å². The number of carbonyl (C=O) groups is 2. The van der Waals surface area contributed by atoms with Gasteiger partial charge in [0, 0.05) is 6.92 Å². The average Bonchev–Trinajstić information content (AvgIpc) is 1.82. The van der Waals surface area contributed by atoms with Gasteiger partial charge in [-0.2, -0.15) is 0 Å². The van der Waals surface area contributed by atoms with Gasteiger partial charge in [0.05, 0.1) is 6.61 Å². The third kappa shape index (κ3) is 5.28. The van der Waals surface area contributed by atoms with Gasteiger partial charge in [-0.1, -0.05) is 6.92 Å². The van der Waals surface area contributed by atoms with Crippen molar-refractivity contribution in [2.45, 2.75) is 19.8 Å². The van der Waals surface area contributed by atoms with Crippen LogP contribution in [0.15, 0.2) is 0 Å². The van der Waals surface area contributed by atoms with Crippen LogP contribution < -0.4 is 0 Å². The van der Waals surface area contributed by atoms with Gasteiger partial charge in [0.1, 0.15) is 12.2 Å². The van der Waals surface area contributed by atoms with E-state index in [0.29, 0.717) is 6.61 Å². The maximum Gasteiger partial charge on any atom is 0.313 e. The van der Waals surface area contributed by atoms with E-state index in [1.54, 1.807) is 0 Å². The van der Waals surface area contributed by atoms with Crippen LogP contribution >= 0.6 is 0 Å². The zero-order chi connectivity index (χ0) is 7.98. The minimum absolute atomic E-state index is 0.208. The topological polar surface area (TPSA) is 43.4 Å². The van der Waals surface area contributed by atoms with E-state index in [2.05, 4.69) is 11.7 Å². The molecule has 0 aliphatic rings. The van der Waals surface area contributed by atoms with E-state index in [4.69, 9.17) is 0 Å². The molecule has 0 bridgehead atoms. The SMILES string of the molecule is [CH2]C(=O)CC(=O)OCCC. The fourth-order valence-corrected chi connectivity index (χ4v) is 0.428. The Hall–Kier alpha value is -0.860. The summed E-state index contributed by atoms with van der Waals surface area (Å²) in [6, 6.07) is 0. The van der Waals surface area contributed by atoms with Gasteiger partial charge in [0.25, 0.3) is 0 Å². The first-order valence-corrected chi connectivity index (χ1v) is 3.17. The first kappa shape index (κ1) is 9.14. The van der Waals surface area contributed by atoms with Gasteiger partial charge in [0.15, 0.2) is 0 Å². The Bertz CT molecular complexity index is 129. The molecule has 0 saturated carbocycles. The van der Waals surface area contributed by atoms with Gasteiger partial charge in [-0.3, -0.25) is 9.59 Å². The molecule has 0 aromatic rings. The molecule has 0 amide bonds. The van der Waals surface area contributed by atoms with Crippen molar-refractivity contribution in [3.8, 4) is 0 Å². The van der Waals surface area contributed by atoms with Crippen molar-refractivity contribution in [3.63, 3.8) is 0 Å². The third-order valence-corrected chi connectivity index (χ3v) is 0.809. The molecule has 0 spiro atoms. The molecule has 0 atom stereocenters. The summed E-state index contributed by atoms with van der Waals surface area (Å²) in [5.41, 5.74) is 0. The highest BCUT2D eigenvalue weighted by molar-refractivity contribution is 5.97. The first-order valence-electron chi connectivity index (χ1n) is 3.17. The largest absolute Gasteiger partial charge is 0.465 e. The van der Waals surface area contributed by atoms with Crippen LogP contribution in [0.5, 0.6) is 0 Å². The van der Waals surface area contributed by atoms with Gasteiger partial charge >= 0.3 is 5.97 Å².